The molecule has 0 aliphatic heterocycles. The topological polar surface area (TPSA) is 64.3 Å². The summed E-state index contributed by atoms with van der Waals surface area (Å²) in [7, 11) is 0. The van der Waals surface area contributed by atoms with Crippen LogP contribution < -0.4 is 11.1 Å². The number of benzene rings is 1. The SMILES string of the molecule is CCCC(C)OCCCC(=O)Nc1ccc(Cl)c(N)c1. The lowest BCUT2D eigenvalue weighted by Crippen LogP contribution is -2.14. The summed E-state index contributed by atoms with van der Waals surface area (Å²) >= 11 is 5.82. The van der Waals surface area contributed by atoms with Crippen molar-refractivity contribution in [3.05, 3.63) is 23.2 Å². The average Bonchev–Trinajstić information content (AvgIpc) is 2.39. The number of ether oxygens (including phenoxy) is 1. The molecule has 1 rings (SSSR count). The molecule has 0 saturated carbocycles. The highest BCUT2D eigenvalue weighted by molar-refractivity contribution is 6.33. The van der Waals surface area contributed by atoms with E-state index in [1.54, 1.807) is 18.2 Å². The van der Waals surface area contributed by atoms with Gasteiger partial charge in [-0.2, -0.15) is 0 Å². The number of hydrogen-bond acceptors (Lipinski definition) is 3. The maximum Gasteiger partial charge on any atom is 0.224 e. The van der Waals surface area contributed by atoms with Crippen LogP contribution in [-0.4, -0.2) is 18.6 Å². The third-order valence-electron chi connectivity index (χ3n) is 2.93. The molecule has 0 heterocycles. The normalized spacial score (nSPS) is 12.2. The van der Waals surface area contributed by atoms with Crippen molar-refractivity contribution in [3.63, 3.8) is 0 Å². The number of anilines is 2. The third kappa shape index (κ3) is 6.26. The summed E-state index contributed by atoms with van der Waals surface area (Å²) in [6.45, 7) is 4.79. The lowest BCUT2D eigenvalue weighted by molar-refractivity contribution is -0.116. The lowest BCUT2D eigenvalue weighted by atomic mass is 10.2. The molecule has 3 N–H and O–H groups in total. The van der Waals surface area contributed by atoms with Crippen LogP contribution in [0.4, 0.5) is 11.4 Å². The zero-order valence-electron chi connectivity index (χ0n) is 12.1. The molecule has 5 heteroatoms. The summed E-state index contributed by atoms with van der Waals surface area (Å²) in [5.74, 6) is -0.0431. The van der Waals surface area contributed by atoms with Crippen LogP contribution in [0.5, 0.6) is 0 Å². The van der Waals surface area contributed by atoms with Crippen LogP contribution in [0.25, 0.3) is 0 Å². The molecular weight excluding hydrogens is 276 g/mol. The molecule has 0 bridgehead atoms. The van der Waals surface area contributed by atoms with Crippen LogP contribution in [0.1, 0.15) is 39.5 Å². The van der Waals surface area contributed by atoms with Crippen molar-refractivity contribution < 1.29 is 9.53 Å². The van der Waals surface area contributed by atoms with Crippen LogP contribution >= 0.6 is 11.6 Å². The van der Waals surface area contributed by atoms with E-state index >= 15 is 0 Å². The van der Waals surface area contributed by atoms with Gasteiger partial charge in [-0.25, -0.2) is 0 Å². The molecule has 0 aliphatic rings. The van der Waals surface area contributed by atoms with Crippen molar-refractivity contribution in [2.45, 2.75) is 45.6 Å². The first-order valence-electron chi connectivity index (χ1n) is 6.99. The lowest BCUT2D eigenvalue weighted by Gasteiger charge is -2.11. The van der Waals surface area contributed by atoms with Gasteiger partial charge < -0.3 is 15.8 Å². The van der Waals surface area contributed by atoms with Gasteiger partial charge in [0.25, 0.3) is 0 Å². The highest BCUT2D eigenvalue weighted by atomic mass is 35.5. The van der Waals surface area contributed by atoms with E-state index in [1.165, 1.54) is 0 Å². The zero-order chi connectivity index (χ0) is 15.0. The molecule has 0 spiro atoms. The second-order valence-corrected chi connectivity index (χ2v) is 5.27. The van der Waals surface area contributed by atoms with Gasteiger partial charge in [0.2, 0.25) is 5.91 Å². The summed E-state index contributed by atoms with van der Waals surface area (Å²) in [5, 5.41) is 3.28. The number of amides is 1. The molecule has 20 heavy (non-hydrogen) atoms. The van der Waals surface area contributed by atoms with Crippen LogP contribution in [0.2, 0.25) is 5.02 Å². The van der Waals surface area contributed by atoms with E-state index in [2.05, 4.69) is 19.2 Å². The van der Waals surface area contributed by atoms with Gasteiger partial charge in [0.1, 0.15) is 0 Å². The van der Waals surface area contributed by atoms with Crippen molar-refractivity contribution in [1.82, 2.24) is 0 Å². The maximum atomic E-state index is 11.7. The van der Waals surface area contributed by atoms with Crippen molar-refractivity contribution in [1.29, 1.82) is 0 Å². The smallest absolute Gasteiger partial charge is 0.224 e. The number of nitrogens with one attached hydrogen (secondary N) is 1. The van der Waals surface area contributed by atoms with E-state index in [0.717, 1.165) is 12.8 Å². The number of halogens is 1. The Labute approximate surface area is 125 Å². The average molecular weight is 299 g/mol. The molecule has 0 fully saturated rings. The predicted octanol–water partition coefficient (Wildman–Crippen LogP) is 3.85. The highest BCUT2D eigenvalue weighted by Crippen LogP contribution is 2.22. The van der Waals surface area contributed by atoms with Gasteiger partial charge >= 0.3 is 0 Å². The molecule has 0 aromatic heterocycles. The van der Waals surface area contributed by atoms with Gasteiger partial charge in [0, 0.05) is 18.7 Å². The molecule has 1 unspecified atom stereocenters. The van der Waals surface area contributed by atoms with Crippen molar-refractivity contribution in [2.24, 2.45) is 0 Å². The largest absolute Gasteiger partial charge is 0.397 e. The van der Waals surface area contributed by atoms with Crippen molar-refractivity contribution in [3.8, 4) is 0 Å². The van der Waals surface area contributed by atoms with Gasteiger partial charge in [-0.15, -0.1) is 0 Å². The molecule has 1 atom stereocenters. The monoisotopic (exact) mass is 298 g/mol. The zero-order valence-corrected chi connectivity index (χ0v) is 12.9. The summed E-state index contributed by atoms with van der Waals surface area (Å²) in [4.78, 5) is 11.7. The molecule has 1 aromatic rings. The summed E-state index contributed by atoms with van der Waals surface area (Å²) in [6.07, 6.45) is 3.57. The fraction of sp³-hybridized carbons (Fsp3) is 0.533. The standard InChI is InChI=1S/C15H23ClN2O2/c1-3-5-11(2)20-9-4-6-15(19)18-12-7-8-13(16)14(17)10-12/h7-8,10-11H,3-6,9,17H2,1-2H3,(H,18,19). The highest BCUT2D eigenvalue weighted by Gasteiger charge is 2.05. The van der Waals surface area contributed by atoms with E-state index < -0.39 is 0 Å². The minimum atomic E-state index is -0.0431. The molecular formula is C15H23ClN2O2. The number of hydrogen-bond donors (Lipinski definition) is 2. The van der Waals surface area contributed by atoms with E-state index in [4.69, 9.17) is 22.1 Å². The number of nitrogen functional groups attached to an aromatic ring is 1. The van der Waals surface area contributed by atoms with Crippen LogP contribution in [0, 0.1) is 0 Å². The first-order valence-corrected chi connectivity index (χ1v) is 7.37. The Morgan fingerprint density at radius 3 is 2.90 bits per heavy atom. The van der Waals surface area contributed by atoms with Crippen LogP contribution in [0.15, 0.2) is 18.2 Å². The van der Waals surface area contributed by atoms with Crippen molar-refractivity contribution in [2.75, 3.05) is 17.7 Å². The van der Waals surface area contributed by atoms with Gasteiger partial charge in [0.05, 0.1) is 16.8 Å². The predicted molar refractivity (Wildman–Crippen MR) is 84.1 cm³/mol. The molecule has 0 radical (unpaired) electrons. The first-order chi connectivity index (χ1) is 9.52. The van der Waals surface area contributed by atoms with Crippen LogP contribution in [0.3, 0.4) is 0 Å². The van der Waals surface area contributed by atoms with Gasteiger partial charge in [-0.3, -0.25) is 4.79 Å². The molecule has 1 amide bonds. The Morgan fingerprint density at radius 2 is 2.25 bits per heavy atom. The molecule has 0 aliphatic carbocycles. The Hall–Kier alpha value is -1.26. The fourth-order valence-electron chi connectivity index (χ4n) is 1.85. The Balaban J connectivity index is 2.25. The second-order valence-electron chi connectivity index (χ2n) is 4.86. The fourth-order valence-corrected chi connectivity index (χ4v) is 1.97. The molecule has 4 nitrogen and oxygen atoms in total. The van der Waals surface area contributed by atoms with E-state index in [-0.39, 0.29) is 12.0 Å². The Bertz CT molecular complexity index is 438. The second kappa shape index (κ2) is 8.82. The quantitative estimate of drug-likeness (QED) is 0.566. The van der Waals surface area contributed by atoms with E-state index in [1.807, 2.05) is 0 Å². The number of carbonyl (C=O) groups excluding carboxylic acids is 1. The van der Waals surface area contributed by atoms with Crippen molar-refractivity contribution >= 4 is 28.9 Å². The van der Waals surface area contributed by atoms with Gasteiger partial charge in [0.15, 0.2) is 0 Å². The molecule has 112 valence electrons. The summed E-state index contributed by atoms with van der Waals surface area (Å²) < 4.78 is 5.60. The first kappa shape index (κ1) is 16.8. The molecule has 0 saturated heterocycles. The maximum absolute atomic E-state index is 11.7. The van der Waals surface area contributed by atoms with E-state index in [0.29, 0.717) is 35.8 Å². The summed E-state index contributed by atoms with van der Waals surface area (Å²) in [5.41, 5.74) is 6.80. The van der Waals surface area contributed by atoms with Gasteiger partial charge in [-0.05, 0) is 38.0 Å². The third-order valence-corrected chi connectivity index (χ3v) is 3.27. The molecule has 1 aromatic carbocycles. The Morgan fingerprint density at radius 1 is 1.50 bits per heavy atom. The number of carbonyl (C=O) groups is 1. The minimum Gasteiger partial charge on any atom is -0.397 e. The summed E-state index contributed by atoms with van der Waals surface area (Å²) in [6, 6.07) is 5.05. The number of rotatable bonds is 8. The van der Waals surface area contributed by atoms with Crippen LogP contribution in [-0.2, 0) is 9.53 Å². The minimum absolute atomic E-state index is 0.0431. The Kier molecular flexibility index (Phi) is 7.41. The number of nitrogens with two attached hydrogens (primary N) is 1. The van der Waals surface area contributed by atoms with Gasteiger partial charge in [-0.1, -0.05) is 24.9 Å². The van der Waals surface area contributed by atoms with E-state index in [9.17, 15) is 4.79 Å².